The molecule has 2 aromatic rings. The van der Waals surface area contributed by atoms with Crippen LogP contribution in [-0.4, -0.2) is 38.3 Å². The van der Waals surface area contributed by atoms with Crippen molar-refractivity contribution in [3.8, 4) is 5.75 Å². The number of rotatable bonds is 10. The van der Waals surface area contributed by atoms with Crippen LogP contribution in [0.25, 0.3) is 0 Å². The Balaban J connectivity index is 2.25. The minimum absolute atomic E-state index is 0.264. The van der Waals surface area contributed by atoms with Crippen molar-refractivity contribution in [1.29, 1.82) is 0 Å². The zero-order valence-corrected chi connectivity index (χ0v) is 17.7. The summed E-state index contributed by atoms with van der Waals surface area (Å²) >= 11 is 0. The molecule has 0 radical (unpaired) electrons. The average Bonchev–Trinajstić information content (AvgIpc) is 2.72. The number of benzene rings is 2. The number of carbonyl (C=O) groups is 1. The number of amides is 1. The zero-order chi connectivity index (χ0) is 23.1. The van der Waals surface area contributed by atoms with Crippen LogP contribution in [0.1, 0.15) is 18.9 Å². The summed E-state index contributed by atoms with van der Waals surface area (Å²) in [6.45, 7) is 4.94. The maximum absolute atomic E-state index is 13.0. The Bertz CT molecular complexity index is 1020. The molecule has 0 aromatic heterocycles. The third kappa shape index (κ3) is 6.56. The van der Waals surface area contributed by atoms with Gasteiger partial charge in [-0.1, -0.05) is 31.2 Å². The van der Waals surface area contributed by atoms with E-state index in [-0.39, 0.29) is 6.54 Å². The van der Waals surface area contributed by atoms with E-state index < -0.39 is 39.1 Å². The first-order valence-corrected chi connectivity index (χ1v) is 10.8. The lowest BCUT2D eigenvalue weighted by molar-refractivity contribution is -0.137. The molecule has 0 bridgehead atoms. The number of hydrogen-bond acceptors (Lipinski definition) is 4. The van der Waals surface area contributed by atoms with Gasteiger partial charge in [0.05, 0.1) is 29.3 Å². The molecule has 10 heteroatoms. The Morgan fingerprint density at radius 3 is 2.55 bits per heavy atom. The van der Waals surface area contributed by atoms with Gasteiger partial charge in [0.1, 0.15) is 5.75 Å². The Morgan fingerprint density at radius 1 is 1.19 bits per heavy atom. The average molecular weight is 456 g/mol. The van der Waals surface area contributed by atoms with E-state index in [1.807, 2.05) is 6.92 Å². The molecule has 0 heterocycles. The van der Waals surface area contributed by atoms with Gasteiger partial charge >= 0.3 is 6.18 Å². The molecule has 168 valence electrons. The van der Waals surface area contributed by atoms with Crippen molar-refractivity contribution in [2.75, 3.05) is 25.0 Å². The van der Waals surface area contributed by atoms with Crippen LogP contribution in [-0.2, 0) is 21.0 Å². The van der Waals surface area contributed by atoms with Crippen molar-refractivity contribution in [2.24, 2.45) is 0 Å². The van der Waals surface area contributed by atoms with Gasteiger partial charge < -0.3 is 10.1 Å². The minimum atomic E-state index is -4.70. The van der Waals surface area contributed by atoms with Gasteiger partial charge in [-0.15, -0.1) is 6.58 Å². The fourth-order valence-corrected chi connectivity index (χ4v) is 4.04. The molecule has 0 aliphatic carbocycles. The number of ether oxygens (including phenoxy) is 1. The second-order valence-electron chi connectivity index (χ2n) is 6.50. The molecular formula is C21H23F3N2O4S. The van der Waals surface area contributed by atoms with Gasteiger partial charge in [0, 0.05) is 6.54 Å². The van der Waals surface area contributed by atoms with E-state index in [1.165, 1.54) is 6.08 Å². The van der Waals surface area contributed by atoms with Crippen molar-refractivity contribution >= 4 is 21.6 Å². The summed E-state index contributed by atoms with van der Waals surface area (Å²) in [5.41, 5.74) is -0.741. The summed E-state index contributed by atoms with van der Waals surface area (Å²) < 4.78 is 71.1. The fourth-order valence-electron chi connectivity index (χ4n) is 2.63. The monoisotopic (exact) mass is 456 g/mol. The van der Waals surface area contributed by atoms with Gasteiger partial charge in [-0.25, -0.2) is 8.42 Å². The van der Waals surface area contributed by atoms with Gasteiger partial charge in [0.2, 0.25) is 15.9 Å². The van der Waals surface area contributed by atoms with Gasteiger partial charge in [-0.2, -0.15) is 17.5 Å². The second kappa shape index (κ2) is 10.5. The molecule has 31 heavy (non-hydrogen) atoms. The Labute approximate surface area is 179 Å². The first-order valence-electron chi connectivity index (χ1n) is 9.39. The molecule has 0 fully saturated rings. The van der Waals surface area contributed by atoms with Gasteiger partial charge in [0.15, 0.2) is 0 Å². The van der Waals surface area contributed by atoms with Gasteiger partial charge in [-0.3, -0.25) is 4.79 Å². The van der Waals surface area contributed by atoms with E-state index in [4.69, 9.17) is 4.74 Å². The van der Waals surface area contributed by atoms with E-state index in [2.05, 4.69) is 11.9 Å². The maximum atomic E-state index is 13.0. The highest BCUT2D eigenvalue weighted by Gasteiger charge is 2.33. The molecule has 2 aromatic carbocycles. The number of anilines is 1. The first kappa shape index (κ1) is 24.4. The second-order valence-corrected chi connectivity index (χ2v) is 8.44. The van der Waals surface area contributed by atoms with Crippen LogP contribution in [0.5, 0.6) is 5.75 Å². The van der Waals surface area contributed by atoms with Crippen molar-refractivity contribution < 1.29 is 31.1 Å². The molecule has 0 spiro atoms. The predicted octanol–water partition coefficient (Wildman–Crippen LogP) is 4.31. The SMILES string of the molecule is C=CCN(CC(=O)Nc1ccccc1OCCC)S(=O)(=O)c1cccc(C(F)(F)F)c1. The molecule has 1 N–H and O–H groups in total. The van der Waals surface area contributed by atoms with E-state index >= 15 is 0 Å². The summed E-state index contributed by atoms with van der Waals surface area (Å²) in [5.74, 6) is -0.251. The van der Waals surface area contributed by atoms with E-state index in [1.54, 1.807) is 24.3 Å². The molecule has 0 aliphatic rings. The number of nitrogens with one attached hydrogen (secondary N) is 1. The summed E-state index contributed by atoms with van der Waals surface area (Å²) in [5, 5.41) is 2.58. The Kier molecular flexibility index (Phi) is 8.23. The highest BCUT2D eigenvalue weighted by molar-refractivity contribution is 7.89. The van der Waals surface area contributed by atoms with Crippen molar-refractivity contribution in [2.45, 2.75) is 24.4 Å². The quantitative estimate of drug-likeness (QED) is 0.541. The molecular weight excluding hydrogens is 433 g/mol. The van der Waals surface area contributed by atoms with Crippen LogP contribution in [0, 0.1) is 0 Å². The standard InChI is InChI=1S/C21H23F3N2O4S/c1-3-12-26(31(28,29)17-9-7-8-16(14-17)21(22,23)24)15-20(27)25-18-10-5-6-11-19(18)30-13-4-2/h3,5-11,14H,1,4,12-13,15H2,2H3,(H,25,27). The highest BCUT2D eigenvalue weighted by Crippen LogP contribution is 2.31. The van der Waals surface area contributed by atoms with Crippen LogP contribution in [0.3, 0.4) is 0 Å². The number of halogens is 3. The Hall–Kier alpha value is -2.85. The molecule has 0 unspecified atom stereocenters. The van der Waals surface area contributed by atoms with E-state index in [9.17, 15) is 26.4 Å². The normalized spacial score (nSPS) is 11.9. The summed E-state index contributed by atoms with van der Waals surface area (Å²) in [6, 6.07) is 10.0. The lowest BCUT2D eigenvalue weighted by atomic mass is 10.2. The third-order valence-electron chi connectivity index (χ3n) is 4.07. The summed E-state index contributed by atoms with van der Waals surface area (Å²) in [6.07, 6.45) is -2.70. The predicted molar refractivity (Wildman–Crippen MR) is 111 cm³/mol. The minimum Gasteiger partial charge on any atom is -0.491 e. The number of carbonyl (C=O) groups excluding carboxylic acids is 1. The molecule has 0 saturated carbocycles. The molecule has 6 nitrogen and oxygen atoms in total. The van der Waals surface area contributed by atoms with Crippen LogP contribution in [0.2, 0.25) is 0 Å². The van der Waals surface area contributed by atoms with Gasteiger partial charge in [-0.05, 0) is 36.8 Å². The van der Waals surface area contributed by atoms with E-state index in [0.29, 0.717) is 24.1 Å². The molecule has 0 saturated heterocycles. The largest absolute Gasteiger partial charge is 0.491 e. The summed E-state index contributed by atoms with van der Waals surface area (Å²) in [4.78, 5) is 12.0. The number of sulfonamides is 1. The first-order chi connectivity index (χ1) is 14.6. The number of para-hydroxylation sites is 2. The topological polar surface area (TPSA) is 75.7 Å². The Morgan fingerprint density at radius 2 is 1.90 bits per heavy atom. The zero-order valence-electron chi connectivity index (χ0n) is 16.9. The van der Waals surface area contributed by atoms with Crippen molar-refractivity contribution in [3.05, 3.63) is 66.7 Å². The third-order valence-corrected chi connectivity index (χ3v) is 5.88. The van der Waals surface area contributed by atoms with Crippen molar-refractivity contribution in [1.82, 2.24) is 4.31 Å². The highest BCUT2D eigenvalue weighted by atomic mass is 32.2. The van der Waals surface area contributed by atoms with Crippen molar-refractivity contribution in [3.63, 3.8) is 0 Å². The smallest absolute Gasteiger partial charge is 0.416 e. The van der Waals surface area contributed by atoms with Crippen LogP contribution >= 0.6 is 0 Å². The lowest BCUT2D eigenvalue weighted by Gasteiger charge is -2.21. The fraction of sp³-hybridized carbons (Fsp3) is 0.286. The van der Waals surface area contributed by atoms with E-state index in [0.717, 1.165) is 28.9 Å². The molecule has 0 aliphatic heterocycles. The lowest BCUT2D eigenvalue weighted by Crippen LogP contribution is -2.38. The molecule has 2 rings (SSSR count). The van der Waals surface area contributed by atoms with Gasteiger partial charge in [0.25, 0.3) is 0 Å². The van der Waals surface area contributed by atoms with Crippen LogP contribution < -0.4 is 10.1 Å². The van der Waals surface area contributed by atoms with Crippen LogP contribution in [0.15, 0.2) is 66.1 Å². The molecule has 1 amide bonds. The number of hydrogen-bond donors (Lipinski definition) is 1. The number of alkyl halides is 3. The summed E-state index contributed by atoms with van der Waals surface area (Å²) in [7, 11) is -4.39. The number of nitrogens with zero attached hydrogens (tertiary/aromatic N) is 1. The van der Waals surface area contributed by atoms with Crippen LogP contribution in [0.4, 0.5) is 18.9 Å². The maximum Gasteiger partial charge on any atom is 0.416 e. The molecule has 0 atom stereocenters.